The molecular weight excluding hydrogens is 238 g/mol. The molecule has 17 heavy (non-hydrogen) atoms. The monoisotopic (exact) mass is 252 g/mol. The summed E-state index contributed by atoms with van der Waals surface area (Å²) in [5.74, 6) is -3.19. The number of hydrogen-bond donors (Lipinski definition) is 3. The lowest BCUT2D eigenvalue weighted by atomic mass is 10.1. The summed E-state index contributed by atoms with van der Waals surface area (Å²) in [7, 11) is 0. The average molecular weight is 252 g/mol. The number of alkyl halides is 2. The van der Waals surface area contributed by atoms with E-state index in [0.29, 0.717) is 0 Å². The smallest absolute Gasteiger partial charge is 0.321 e. The number of carbonyl (C=O) groups is 1. The first-order valence-electron chi connectivity index (χ1n) is 5.33. The minimum atomic E-state index is -3.19. The van der Waals surface area contributed by atoms with Gasteiger partial charge in [0, 0.05) is 19.4 Å². The van der Waals surface area contributed by atoms with Crippen LogP contribution in [0.5, 0.6) is 0 Å². The van der Waals surface area contributed by atoms with Gasteiger partial charge in [-0.1, -0.05) is 0 Å². The molecule has 98 valence electrons. The zero-order valence-corrected chi connectivity index (χ0v) is 8.97. The maximum atomic E-state index is 13.6. The molecule has 8 heteroatoms. The summed E-state index contributed by atoms with van der Waals surface area (Å²) in [5.41, 5.74) is 0. The number of carbonyl (C=O) groups excluding carboxylic acids is 1. The van der Waals surface area contributed by atoms with Crippen molar-refractivity contribution < 1.29 is 28.5 Å². The fraction of sp³-hybridized carbons (Fsp3) is 0.889. The van der Waals surface area contributed by atoms with E-state index in [1.54, 1.807) is 0 Å². The minimum Gasteiger partial charge on any atom is -0.394 e. The van der Waals surface area contributed by atoms with Crippen LogP contribution < -0.4 is 5.32 Å². The van der Waals surface area contributed by atoms with Crippen molar-refractivity contribution >= 4 is 6.03 Å². The molecule has 0 bridgehead atoms. The number of hydrogen-bond acceptors (Lipinski definition) is 4. The van der Waals surface area contributed by atoms with Crippen molar-refractivity contribution in [2.75, 3.05) is 13.2 Å². The molecule has 0 aromatic heterocycles. The van der Waals surface area contributed by atoms with Gasteiger partial charge in [-0.15, -0.1) is 0 Å². The summed E-state index contributed by atoms with van der Waals surface area (Å²) in [6.07, 6.45) is -4.10. The van der Waals surface area contributed by atoms with Crippen molar-refractivity contribution in [3.8, 4) is 0 Å². The SMILES string of the molecule is O=C1N[C@H](O)CCN1[C@@H]1O[C@H](CO)CC1(F)F. The van der Waals surface area contributed by atoms with E-state index in [2.05, 4.69) is 5.32 Å². The third-order valence-electron chi connectivity index (χ3n) is 2.86. The Kier molecular flexibility index (Phi) is 3.19. The van der Waals surface area contributed by atoms with E-state index in [4.69, 9.17) is 14.9 Å². The van der Waals surface area contributed by atoms with Gasteiger partial charge in [0.15, 0.2) is 6.23 Å². The number of aliphatic hydroxyl groups is 2. The highest BCUT2D eigenvalue weighted by atomic mass is 19.3. The zero-order chi connectivity index (χ0) is 12.6. The van der Waals surface area contributed by atoms with E-state index in [0.717, 1.165) is 4.90 Å². The first kappa shape index (κ1) is 12.5. The summed E-state index contributed by atoms with van der Waals surface area (Å²) in [4.78, 5) is 12.3. The minimum absolute atomic E-state index is 0.00853. The molecule has 2 heterocycles. The number of nitrogens with zero attached hydrogens (tertiary/aromatic N) is 1. The van der Waals surface area contributed by atoms with E-state index >= 15 is 0 Å². The molecule has 0 unspecified atom stereocenters. The van der Waals surface area contributed by atoms with Gasteiger partial charge >= 0.3 is 6.03 Å². The van der Waals surface area contributed by atoms with Gasteiger partial charge in [0.05, 0.1) is 12.7 Å². The van der Waals surface area contributed by atoms with Crippen molar-refractivity contribution in [2.24, 2.45) is 0 Å². The third-order valence-corrected chi connectivity index (χ3v) is 2.86. The summed E-state index contributed by atoms with van der Waals surface area (Å²) in [6, 6.07) is -0.785. The summed E-state index contributed by atoms with van der Waals surface area (Å²) < 4.78 is 32.1. The number of nitrogens with one attached hydrogen (secondary N) is 1. The Hall–Kier alpha value is -0.990. The van der Waals surface area contributed by atoms with E-state index in [9.17, 15) is 13.6 Å². The predicted octanol–water partition coefficient (Wildman–Crippen LogP) is -0.537. The zero-order valence-electron chi connectivity index (χ0n) is 8.97. The van der Waals surface area contributed by atoms with Crippen LogP contribution in [-0.4, -0.2) is 58.8 Å². The van der Waals surface area contributed by atoms with Crippen molar-refractivity contribution in [1.29, 1.82) is 0 Å². The molecule has 0 spiro atoms. The van der Waals surface area contributed by atoms with Gasteiger partial charge in [0.25, 0.3) is 5.92 Å². The van der Waals surface area contributed by atoms with Crippen LogP contribution in [0.2, 0.25) is 0 Å². The quantitative estimate of drug-likeness (QED) is 0.616. The first-order chi connectivity index (χ1) is 7.94. The van der Waals surface area contributed by atoms with Gasteiger partial charge < -0.3 is 20.3 Å². The van der Waals surface area contributed by atoms with Crippen LogP contribution in [0, 0.1) is 0 Å². The first-order valence-corrected chi connectivity index (χ1v) is 5.33. The molecule has 0 radical (unpaired) electrons. The Morgan fingerprint density at radius 3 is 2.82 bits per heavy atom. The average Bonchev–Trinajstić information content (AvgIpc) is 2.54. The van der Waals surface area contributed by atoms with Crippen LogP contribution in [-0.2, 0) is 4.74 Å². The standard InChI is InChI=1S/C9H14F2N2O4/c10-9(11)3-5(4-14)17-7(9)13-2-1-6(15)12-8(13)16/h5-7,14-15H,1-4H2,(H,12,16)/t5-,6+,7+/m0/s1. The summed E-state index contributed by atoms with van der Waals surface area (Å²) in [6.45, 7) is -0.518. The molecule has 3 N–H and O–H groups in total. The van der Waals surface area contributed by atoms with Crippen molar-refractivity contribution in [2.45, 2.75) is 37.3 Å². The van der Waals surface area contributed by atoms with E-state index in [1.807, 2.05) is 0 Å². The maximum Gasteiger partial charge on any atom is 0.321 e. The van der Waals surface area contributed by atoms with Gasteiger partial charge in [-0.05, 0) is 0 Å². The highest BCUT2D eigenvalue weighted by molar-refractivity contribution is 5.75. The van der Waals surface area contributed by atoms with Crippen LogP contribution >= 0.6 is 0 Å². The molecular formula is C9H14F2N2O4. The van der Waals surface area contributed by atoms with Crippen molar-refractivity contribution in [3.63, 3.8) is 0 Å². The number of amides is 2. The lowest BCUT2D eigenvalue weighted by molar-refractivity contribution is -0.145. The Morgan fingerprint density at radius 2 is 2.29 bits per heavy atom. The second-order valence-corrected chi connectivity index (χ2v) is 4.21. The van der Waals surface area contributed by atoms with Gasteiger partial charge in [0.1, 0.15) is 6.23 Å². The van der Waals surface area contributed by atoms with Gasteiger partial charge in [-0.3, -0.25) is 4.90 Å². The normalized spacial score (nSPS) is 37.1. The second-order valence-electron chi connectivity index (χ2n) is 4.21. The highest BCUT2D eigenvalue weighted by Gasteiger charge is 2.54. The van der Waals surface area contributed by atoms with E-state index in [-0.39, 0.29) is 13.0 Å². The van der Waals surface area contributed by atoms with Crippen LogP contribution in [0.25, 0.3) is 0 Å². The fourth-order valence-electron chi connectivity index (χ4n) is 2.03. The van der Waals surface area contributed by atoms with Crippen LogP contribution in [0.1, 0.15) is 12.8 Å². The lowest BCUT2D eigenvalue weighted by Crippen LogP contribution is -2.58. The number of rotatable bonds is 2. The third kappa shape index (κ3) is 2.33. The van der Waals surface area contributed by atoms with Gasteiger partial charge in [-0.2, -0.15) is 0 Å². The lowest BCUT2D eigenvalue weighted by Gasteiger charge is -2.36. The molecule has 2 amide bonds. The predicted molar refractivity (Wildman–Crippen MR) is 51.2 cm³/mol. The molecule has 0 aromatic rings. The molecule has 0 aromatic carbocycles. The Morgan fingerprint density at radius 1 is 1.59 bits per heavy atom. The fourth-order valence-corrected chi connectivity index (χ4v) is 2.03. The van der Waals surface area contributed by atoms with Gasteiger partial charge in [-0.25, -0.2) is 13.6 Å². The largest absolute Gasteiger partial charge is 0.394 e. The van der Waals surface area contributed by atoms with Crippen LogP contribution in [0.15, 0.2) is 0 Å². The molecule has 6 nitrogen and oxygen atoms in total. The van der Waals surface area contributed by atoms with Crippen LogP contribution in [0.3, 0.4) is 0 Å². The van der Waals surface area contributed by atoms with E-state index < -0.39 is 43.5 Å². The topological polar surface area (TPSA) is 82.0 Å². The molecule has 0 aliphatic carbocycles. The molecule has 3 atom stereocenters. The molecule has 2 fully saturated rings. The number of ether oxygens (including phenoxy) is 1. The van der Waals surface area contributed by atoms with Gasteiger partial charge in [0.2, 0.25) is 0 Å². The van der Waals surface area contributed by atoms with E-state index in [1.165, 1.54) is 0 Å². The molecule has 0 saturated carbocycles. The summed E-state index contributed by atoms with van der Waals surface area (Å²) in [5, 5.41) is 20.1. The second kappa shape index (κ2) is 4.35. The molecule has 2 aliphatic heterocycles. The Bertz CT molecular complexity index is 315. The Labute approximate surface area is 96.2 Å². The maximum absolute atomic E-state index is 13.6. The number of urea groups is 1. The number of aliphatic hydroxyl groups excluding tert-OH is 2. The van der Waals surface area contributed by atoms with Crippen molar-refractivity contribution in [3.05, 3.63) is 0 Å². The Balaban J connectivity index is 2.09. The molecule has 2 rings (SSSR count). The number of halogens is 2. The summed E-state index contributed by atoms with van der Waals surface area (Å²) >= 11 is 0. The molecule has 2 aliphatic rings. The van der Waals surface area contributed by atoms with Crippen molar-refractivity contribution in [1.82, 2.24) is 10.2 Å². The molecule has 2 saturated heterocycles. The highest BCUT2D eigenvalue weighted by Crippen LogP contribution is 2.38. The van der Waals surface area contributed by atoms with Crippen LogP contribution in [0.4, 0.5) is 13.6 Å².